The quantitative estimate of drug-likeness (QED) is 0.0496. The lowest BCUT2D eigenvalue weighted by atomic mass is 9.91. The number of hydrogen-bond donors (Lipinski definition) is 7. The average molecular weight is 794 g/mol. The minimum atomic E-state index is -1.42. The van der Waals surface area contributed by atoms with Crippen LogP contribution in [0.5, 0.6) is 5.75 Å². The first kappa shape index (κ1) is 39.0. The molecule has 0 amide bonds. The van der Waals surface area contributed by atoms with Crippen molar-refractivity contribution in [1.82, 2.24) is 24.7 Å². The highest BCUT2D eigenvalue weighted by Crippen LogP contribution is 2.39. The number of anilines is 5. The Bertz CT molecular complexity index is 2410. The van der Waals surface area contributed by atoms with Crippen LogP contribution in [0.1, 0.15) is 67.9 Å². The fourth-order valence-corrected chi connectivity index (χ4v) is 5.26. The molecule has 282 valence electrons. The van der Waals surface area contributed by atoms with Crippen molar-refractivity contribution in [3.05, 3.63) is 86.5 Å². The van der Waals surface area contributed by atoms with Crippen LogP contribution >= 0.6 is 23.2 Å². The molecule has 8 N–H and O–H groups in total. The third kappa shape index (κ3) is 8.89. The van der Waals surface area contributed by atoms with Crippen LogP contribution in [0.3, 0.4) is 0 Å². The van der Waals surface area contributed by atoms with Crippen molar-refractivity contribution in [2.24, 2.45) is 10.2 Å². The molecule has 2 aromatic heterocycles. The van der Waals surface area contributed by atoms with Crippen LogP contribution in [0.15, 0.2) is 58.8 Å². The summed E-state index contributed by atoms with van der Waals surface area (Å²) in [5.74, 6) is -6.75. The molecule has 20 nitrogen and oxygen atoms in total. The van der Waals surface area contributed by atoms with Crippen molar-refractivity contribution >= 4 is 94.0 Å². The Balaban J connectivity index is 1.69. The molecule has 0 aliphatic carbocycles. The maximum Gasteiger partial charge on any atom is 0.337 e. The Morgan fingerprint density at radius 1 is 0.764 bits per heavy atom. The third-order valence-corrected chi connectivity index (χ3v) is 7.84. The number of benzene rings is 3. The van der Waals surface area contributed by atoms with Crippen LogP contribution in [0.25, 0.3) is 5.95 Å². The van der Waals surface area contributed by atoms with Crippen molar-refractivity contribution < 1.29 is 49.1 Å². The van der Waals surface area contributed by atoms with Gasteiger partial charge in [0.15, 0.2) is 11.5 Å². The molecule has 0 spiro atoms. The van der Waals surface area contributed by atoms with E-state index in [9.17, 15) is 44.4 Å². The minimum absolute atomic E-state index is 0.00453. The van der Waals surface area contributed by atoms with Gasteiger partial charge in [0.2, 0.25) is 11.9 Å². The van der Waals surface area contributed by atoms with Gasteiger partial charge in [0.05, 0.1) is 38.0 Å². The topological polar surface area (TPSA) is 307 Å². The van der Waals surface area contributed by atoms with Gasteiger partial charge in [-0.3, -0.25) is 4.79 Å². The van der Waals surface area contributed by atoms with Crippen LogP contribution in [0.2, 0.25) is 10.0 Å². The largest absolute Gasteiger partial charge is 0.478 e. The van der Waals surface area contributed by atoms with Crippen molar-refractivity contribution in [2.75, 3.05) is 16.4 Å². The zero-order chi connectivity index (χ0) is 40.4. The molecular formula is C33H26Cl2N10O10. The second-order valence-corrected chi connectivity index (χ2v) is 13.1. The number of ether oxygens (including phenoxy) is 1. The lowest BCUT2D eigenvalue weighted by Gasteiger charge is -2.15. The number of nitrogens with one attached hydrogen (secondary N) is 2. The standard InChI is InChI=1S/C33H26Cl2N10O10/c1-33(2,3)24-23(43-42-22-10-19(29(53)54)20(34)11-21(22)35)25(36)45(44-24)32-40-30(37-16-5-13(26(47)48)4-14(6-16)27(49)50)39-31(41-32)38-17-7-15(28(51)52)8-18(9-17)55-12-46/h4-12H,36H2,1-3H3,(H,47,48)(H,49,50)(H,51,52)(H,53,54)(H2,37,38,39,40,41). The number of nitrogens with two attached hydrogens (primary N) is 1. The number of rotatable bonds is 13. The summed E-state index contributed by atoms with van der Waals surface area (Å²) in [6.45, 7) is 5.45. The molecule has 5 aromatic rings. The molecule has 22 heteroatoms. The molecule has 0 saturated carbocycles. The smallest absolute Gasteiger partial charge is 0.337 e. The van der Waals surface area contributed by atoms with E-state index in [4.69, 9.17) is 33.7 Å². The van der Waals surface area contributed by atoms with E-state index in [1.54, 1.807) is 20.8 Å². The number of carboxylic acids is 4. The Hall–Kier alpha value is -7.19. The van der Waals surface area contributed by atoms with Gasteiger partial charge in [0.25, 0.3) is 12.4 Å². The molecule has 0 unspecified atom stereocenters. The van der Waals surface area contributed by atoms with Gasteiger partial charge in [0.1, 0.15) is 11.4 Å². The second-order valence-electron chi connectivity index (χ2n) is 12.2. The van der Waals surface area contributed by atoms with Gasteiger partial charge < -0.3 is 41.5 Å². The molecule has 55 heavy (non-hydrogen) atoms. The maximum absolute atomic E-state index is 11.8. The van der Waals surface area contributed by atoms with Gasteiger partial charge in [-0.25, -0.2) is 19.2 Å². The van der Waals surface area contributed by atoms with Crippen LogP contribution < -0.4 is 21.1 Å². The number of nitrogen functional groups attached to an aromatic ring is 1. The molecule has 0 aliphatic heterocycles. The number of hydrogen-bond acceptors (Lipinski definition) is 15. The van der Waals surface area contributed by atoms with Crippen LogP contribution in [-0.4, -0.2) is 75.5 Å². The van der Waals surface area contributed by atoms with Crippen LogP contribution in [0.4, 0.5) is 40.5 Å². The summed E-state index contributed by atoms with van der Waals surface area (Å²) in [6.07, 6.45) is 0. The highest BCUT2D eigenvalue weighted by atomic mass is 35.5. The predicted molar refractivity (Wildman–Crippen MR) is 195 cm³/mol. The summed E-state index contributed by atoms with van der Waals surface area (Å²) in [6, 6.07) is 9.06. The average Bonchev–Trinajstić information content (AvgIpc) is 3.43. The number of aromatic carboxylic acids is 4. The molecule has 0 bridgehead atoms. The maximum atomic E-state index is 11.8. The fourth-order valence-electron chi connectivity index (χ4n) is 4.76. The molecule has 0 fully saturated rings. The van der Waals surface area contributed by atoms with Crippen molar-refractivity contribution in [3.8, 4) is 11.7 Å². The highest BCUT2D eigenvalue weighted by molar-refractivity contribution is 6.37. The lowest BCUT2D eigenvalue weighted by molar-refractivity contribution is -0.120. The number of carboxylic acid groups (broad SMARTS) is 4. The fraction of sp³-hybridized carbons (Fsp3) is 0.121. The number of azo groups is 1. The molecule has 0 radical (unpaired) electrons. The number of halogens is 2. The van der Waals surface area contributed by atoms with Gasteiger partial charge in [0, 0.05) is 22.9 Å². The molecule has 0 atom stereocenters. The Morgan fingerprint density at radius 2 is 1.31 bits per heavy atom. The van der Waals surface area contributed by atoms with E-state index < -0.39 is 29.3 Å². The molecule has 3 aromatic carbocycles. The monoisotopic (exact) mass is 792 g/mol. The molecule has 2 heterocycles. The van der Waals surface area contributed by atoms with Gasteiger partial charge in [-0.1, -0.05) is 44.0 Å². The van der Waals surface area contributed by atoms with Gasteiger partial charge in [-0.05, 0) is 42.5 Å². The third-order valence-electron chi connectivity index (χ3n) is 7.22. The summed E-state index contributed by atoms with van der Waals surface area (Å²) in [4.78, 5) is 71.1. The predicted octanol–water partition coefficient (Wildman–Crippen LogP) is 6.47. The van der Waals surface area contributed by atoms with Crippen molar-refractivity contribution in [2.45, 2.75) is 26.2 Å². The van der Waals surface area contributed by atoms with Gasteiger partial charge in [-0.15, -0.1) is 10.2 Å². The van der Waals surface area contributed by atoms with Gasteiger partial charge >= 0.3 is 23.9 Å². The first-order valence-corrected chi connectivity index (χ1v) is 16.0. The number of aromatic nitrogens is 5. The summed E-state index contributed by atoms with van der Waals surface area (Å²) >= 11 is 12.3. The first-order chi connectivity index (χ1) is 25.8. The van der Waals surface area contributed by atoms with Crippen molar-refractivity contribution in [1.29, 1.82) is 0 Å². The molecular weight excluding hydrogens is 767 g/mol. The van der Waals surface area contributed by atoms with Crippen LogP contribution in [0, 0.1) is 0 Å². The van der Waals surface area contributed by atoms with E-state index >= 15 is 0 Å². The normalized spacial score (nSPS) is 11.3. The lowest BCUT2D eigenvalue weighted by Crippen LogP contribution is -2.15. The summed E-state index contributed by atoms with van der Waals surface area (Å²) in [7, 11) is 0. The Kier molecular flexibility index (Phi) is 10.9. The summed E-state index contributed by atoms with van der Waals surface area (Å²) in [5, 5.41) is 56.6. The summed E-state index contributed by atoms with van der Waals surface area (Å²) < 4.78 is 5.90. The van der Waals surface area contributed by atoms with Gasteiger partial charge in [-0.2, -0.15) is 24.7 Å². The zero-order valence-electron chi connectivity index (χ0n) is 28.4. The van der Waals surface area contributed by atoms with E-state index in [0.717, 1.165) is 35.0 Å². The van der Waals surface area contributed by atoms with E-state index in [1.807, 2.05) is 0 Å². The van der Waals surface area contributed by atoms with Crippen molar-refractivity contribution in [3.63, 3.8) is 0 Å². The molecule has 5 rings (SSSR count). The number of carbonyl (C=O) groups excluding carboxylic acids is 1. The van der Waals surface area contributed by atoms with E-state index in [-0.39, 0.29) is 96.6 Å². The van der Waals surface area contributed by atoms with E-state index in [2.05, 4.69) is 40.9 Å². The Labute approximate surface area is 318 Å². The number of carbonyl (C=O) groups is 5. The zero-order valence-corrected chi connectivity index (χ0v) is 29.9. The second kappa shape index (κ2) is 15.4. The first-order valence-electron chi connectivity index (χ1n) is 15.3. The van der Waals surface area contributed by atoms with E-state index in [1.165, 1.54) is 18.2 Å². The minimum Gasteiger partial charge on any atom is -0.478 e. The SMILES string of the molecule is CC(C)(C)c1nn(-c2nc(Nc3cc(OC=O)cc(C(=O)O)c3)nc(Nc3cc(C(=O)O)cc(C(=O)O)c3)n2)c(N)c1N=Nc1cc(C(=O)O)c(Cl)cc1Cl. The highest BCUT2D eigenvalue weighted by Gasteiger charge is 2.28. The summed E-state index contributed by atoms with van der Waals surface area (Å²) in [5.41, 5.74) is 4.66. The Morgan fingerprint density at radius 3 is 1.82 bits per heavy atom. The van der Waals surface area contributed by atoms with E-state index in [0.29, 0.717) is 0 Å². The molecule has 0 aliphatic rings. The van der Waals surface area contributed by atoms with Crippen LogP contribution in [-0.2, 0) is 10.2 Å². The number of nitrogens with zero attached hydrogens (tertiary/aromatic N) is 7. The molecule has 0 saturated heterocycles.